The number of halogens is 2. The molecule has 0 saturated heterocycles. The van der Waals surface area contributed by atoms with Crippen LogP contribution >= 0.6 is 35.6 Å². The maximum atomic E-state index is 5.89. The second-order valence-corrected chi connectivity index (χ2v) is 6.93. The summed E-state index contributed by atoms with van der Waals surface area (Å²) in [7, 11) is 3.74. The first kappa shape index (κ1) is 23.9. The van der Waals surface area contributed by atoms with Crippen molar-refractivity contribution in [3.8, 4) is 11.6 Å². The Morgan fingerprint density at radius 3 is 2.57 bits per heavy atom. The van der Waals surface area contributed by atoms with E-state index in [1.807, 2.05) is 72.2 Å². The van der Waals surface area contributed by atoms with Gasteiger partial charge < -0.3 is 15.0 Å². The summed E-state index contributed by atoms with van der Waals surface area (Å²) in [6.07, 6.45) is 5.53. The molecule has 1 N–H and O–H groups in total. The Labute approximate surface area is 199 Å². The van der Waals surface area contributed by atoms with Crippen molar-refractivity contribution in [3.63, 3.8) is 0 Å². The standard InChI is InChI=1S/C21H25ClN6O.HI/c1-16-24-10-11-28(16)20-9-4-17(14-25-20)15-26-21(23-2)27(3)12-13-29-19-7-5-18(22)6-8-19;/h4-11,14H,12-13,15H2,1-3H3,(H,23,26);1H. The van der Waals surface area contributed by atoms with Crippen molar-refractivity contribution >= 4 is 41.5 Å². The number of rotatable bonds is 7. The molecular weight excluding hydrogens is 515 g/mol. The lowest BCUT2D eigenvalue weighted by molar-refractivity contribution is 0.281. The molecule has 0 atom stereocenters. The Kier molecular flexibility index (Phi) is 9.38. The van der Waals surface area contributed by atoms with Gasteiger partial charge in [0, 0.05) is 44.3 Å². The fourth-order valence-electron chi connectivity index (χ4n) is 2.79. The highest BCUT2D eigenvalue weighted by Gasteiger charge is 2.07. The van der Waals surface area contributed by atoms with Gasteiger partial charge in [0.05, 0.1) is 6.54 Å². The molecule has 3 aromatic rings. The molecule has 30 heavy (non-hydrogen) atoms. The van der Waals surface area contributed by atoms with Gasteiger partial charge in [0.25, 0.3) is 0 Å². The van der Waals surface area contributed by atoms with Crippen LogP contribution in [0.4, 0.5) is 0 Å². The average molecular weight is 541 g/mol. The summed E-state index contributed by atoms with van der Waals surface area (Å²) >= 11 is 5.89. The van der Waals surface area contributed by atoms with E-state index in [1.54, 1.807) is 13.2 Å². The summed E-state index contributed by atoms with van der Waals surface area (Å²) in [6.45, 7) is 3.82. The van der Waals surface area contributed by atoms with Crippen LogP contribution in [0.1, 0.15) is 11.4 Å². The molecule has 0 bridgehead atoms. The minimum Gasteiger partial charge on any atom is -0.492 e. The number of nitrogens with one attached hydrogen (secondary N) is 1. The number of benzene rings is 1. The van der Waals surface area contributed by atoms with Crippen LogP contribution < -0.4 is 10.1 Å². The minimum absolute atomic E-state index is 0. The number of aliphatic imine (C=N–C) groups is 1. The minimum atomic E-state index is 0. The molecule has 0 amide bonds. The third-order valence-corrected chi connectivity index (χ3v) is 4.67. The predicted octanol–water partition coefficient (Wildman–Crippen LogP) is 3.93. The van der Waals surface area contributed by atoms with Crippen molar-refractivity contribution in [2.45, 2.75) is 13.5 Å². The SMILES string of the molecule is CN=C(NCc1ccc(-n2ccnc2C)nc1)N(C)CCOc1ccc(Cl)cc1.I. The quantitative estimate of drug-likeness (QED) is 0.279. The van der Waals surface area contributed by atoms with Crippen LogP contribution in [0, 0.1) is 6.92 Å². The molecule has 2 aromatic heterocycles. The van der Waals surface area contributed by atoms with E-state index in [9.17, 15) is 0 Å². The van der Waals surface area contributed by atoms with Crippen LogP contribution in [0.3, 0.4) is 0 Å². The highest BCUT2D eigenvalue weighted by Crippen LogP contribution is 2.15. The zero-order valence-electron chi connectivity index (χ0n) is 17.2. The number of hydrogen-bond acceptors (Lipinski definition) is 4. The second kappa shape index (κ2) is 11.8. The molecule has 3 rings (SSSR count). The van der Waals surface area contributed by atoms with E-state index in [-0.39, 0.29) is 24.0 Å². The van der Waals surface area contributed by atoms with E-state index in [0.717, 1.165) is 28.9 Å². The van der Waals surface area contributed by atoms with E-state index in [1.165, 1.54) is 0 Å². The Hall–Kier alpha value is -2.33. The topological polar surface area (TPSA) is 67.6 Å². The number of hydrogen-bond donors (Lipinski definition) is 1. The van der Waals surface area contributed by atoms with Crippen LogP contribution in [0.15, 0.2) is 60.0 Å². The van der Waals surface area contributed by atoms with E-state index in [2.05, 4.69) is 20.3 Å². The van der Waals surface area contributed by atoms with Crippen molar-refractivity contribution in [2.24, 2.45) is 4.99 Å². The van der Waals surface area contributed by atoms with E-state index in [4.69, 9.17) is 16.3 Å². The van der Waals surface area contributed by atoms with Crippen molar-refractivity contribution < 1.29 is 4.74 Å². The number of ether oxygens (including phenoxy) is 1. The van der Waals surface area contributed by atoms with Gasteiger partial charge in [-0.15, -0.1) is 24.0 Å². The summed E-state index contributed by atoms with van der Waals surface area (Å²) in [6, 6.07) is 11.4. The molecule has 2 heterocycles. The van der Waals surface area contributed by atoms with Gasteiger partial charge in [0.15, 0.2) is 5.96 Å². The summed E-state index contributed by atoms with van der Waals surface area (Å²) < 4.78 is 7.70. The number of nitrogens with zero attached hydrogens (tertiary/aromatic N) is 5. The smallest absolute Gasteiger partial charge is 0.193 e. The van der Waals surface area contributed by atoms with Crippen LogP contribution in [-0.2, 0) is 6.54 Å². The average Bonchev–Trinajstić information content (AvgIpc) is 3.16. The molecule has 0 aliphatic heterocycles. The molecule has 0 saturated carbocycles. The first-order chi connectivity index (χ1) is 14.1. The molecule has 0 unspecified atom stereocenters. The van der Waals surface area contributed by atoms with Gasteiger partial charge in [-0.2, -0.15) is 0 Å². The number of aromatic nitrogens is 3. The van der Waals surface area contributed by atoms with Gasteiger partial charge in [-0.25, -0.2) is 9.97 Å². The second-order valence-electron chi connectivity index (χ2n) is 6.49. The lowest BCUT2D eigenvalue weighted by Crippen LogP contribution is -2.40. The summed E-state index contributed by atoms with van der Waals surface area (Å²) in [5, 5.41) is 4.05. The largest absolute Gasteiger partial charge is 0.492 e. The van der Waals surface area contributed by atoms with Gasteiger partial charge in [-0.1, -0.05) is 17.7 Å². The fraction of sp³-hybridized carbons (Fsp3) is 0.286. The highest BCUT2D eigenvalue weighted by molar-refractivity contribution is 14.0. The summed E-state index contributed by atoms with van der Waals surface area (Å²) in [4.78, 5) is 15.1. The molecule has 160 valence electrons. The van der Waals surface area contributed by atoms with E-state index < -0.39 is 0 Å². The number of imidazole rings is 1. The number of likely N-dealkylation sites (N-methyl/N-ethyl adjacent to an activating group) is 1. The van der Waals surface area contributed by atoms with Crippen molar-refractivity contribution in [1.82, 2.24) is 24.8 Å². The predicted molar refractivity (Wildman–Crippen MR) is 131 cm³/mol. The number of aryl methyl sites for hydroxylation is 1. The Morgan fingerprint density at radius 1 is 1.20 bits per heavy atom. The van der Waals surface area contributed by atoms with Gasteiger partial charge >= 0.3 is 0 Å². The molecular formula is C21H26ClIN6O. The van der Waals surface area contributed by atoms with Crippen LogP contribution in [0.25, 0.3) is 5.82 Å². The molecule has 0 aliphatic carbocycles. The maximum Gasteiger partial charge on any atom is 0.193 e. The third kappa shape index (κ3) is 6.60. The van der Waals surface area contributed by atoms with Crippen molar-refractivity contribution in [3.05, 3.63) is 71.4 Å². The molecule has 0 spiro atoms. The first-order valence-electron chi connectivity index (χ1n) is 9.32. The zero-order valence-corrected chi connectivity index (χ0v) is 20.3. The summed E-state index contributed by atoms with van der Waals surface area (Å²) in [5.41, 5.74) is 1.07. The van der Waals surface area contributed by atoms with Gasteiger partial charge in [-0.05, 0) is 42.8 Å². The zero-order chi connectivity index (χ0) is 20.6. The van der Waals surface area contributed by atoms with E-state index >= 15 is 0 Å². The number of guanidine groups is 1. The first-order valence-corrected chi connectivity index (χ1v) is 9.70. The lowest BCUT2D eigenvalue weighted by Gasteiger charge is -2.22. The van der Waals surface area contributed by atoms with Gasteiger partial charge in [0.2, 0.25) is 0 Å². The fourth-order valence-corrected chi connectivity index (χ4v) is 2.91. The normalized spacial score (nSPS) is 11.0. The molecule has 1 aromatic carbocycles. The third-order valence-electron chi connectivity index (χ3n) is 4.41. The van der Waals surface area contributed by atoms with E-state index in [0.29, 0.717) is 24.7 Å². The van der Waals surface area contributed by atoms with Crippen LogP contribution in [0.2, 0.25) is 5.02 Å². The lowest BCUT2D eigenvalue weighted by atomic mass is 10.3. The van der Waals surface area contributed by atoms with Crippen molar-refractivity contribution in [1.29, 1.82) is 0 Å². The van der Waals surface area contributed by atoms with Crippen molar-refractivity contribution in [2.75, 3.05) is 27.2 Å². The Balaban J connectivity index is 0.00000320. The molecule has 7 nitrogen and oxygen atoms in total. The van der Waals surface area contributed by atoms with Gasteiger partial charge in [-0.3, -0.25) is 9.56 Å². The molecule has 9 heteroatoms. The maximum absolute atomic E-state index is 5.89. The Bertz CT molecular complexity index is 943. The molecule has 0 aliphatic rings. The Morgan fingerprint density at radius 2 is 1.97 bits per heavy atom. The van der Waals surface area contributed by atoms with Crippen LogP contribution in [0.5, 0.6) is 5.75 Å². The summed E-state index contributed by atoms with van der Waals surface area (Å²) in [5.74, 6) is 3.35. The van der Waals surface area contributed by atoms with Crippen LogP contribution in [-0.4, -0.2) is 52.6 Å². The number of pyridine rings is 1. The van der Waals surface area contributed by atoms with Gasteiger partial charge in [0.1, 0.15) is 24.0 Å². The highest BCUT2D eigenvalue weighted by atomic mass is 127. The molecule has 0 fully saturated rings. The monoisotopic (exact) mass is 540 g/mol. The molecule has 0 radical (unpaired) electrons.